The monoisotopic (exact) mass is 369 g/mol. The molecule has 0 amide bonds. The third-order valence-corrected chi connectivity index (χ3v) is 4.31. The molecule has 2 atom stereocenters. The zero-order chi connectivity index (χ0) is 18.8. The third kappa shape index (κ3) is 5.11. The Morgan fingerprint density at radius 1 is 1.04 bits per heavy atom. The quantitative estimate of drug-likeness (QED) is 0.384. The van der Waals surface area contributed by atoms with Crippen LogP contribution in [-0.2, 0) is 4.57 Å². The summed E-state index contributed by atoms with van der Waals surface area (Å²) in [6.45, 7) is 1.82. The Kier molecular flexibility index (Phi) is 5.59. The van der Waals surface area contributed by atoms with E-state index in [-0.39, 0.29) is 29.3 Å². The average Bonchev–Trinajstić information content (AvgIpc) is 2.45. The molecule has 0 spiro atoms. The summed E-state index contributed by atoms with van der Waals surface area (Å²) in [7, 11) is -4.70. The minimum atomic E-state index is -4.70. The molecule has 0 aliphatic rings. The second-order valence-electron chi connectivity index (χ2n) is 5.83. The van der Waals surface area contributed by atoms with Crippen molar-refractivity contribution < 1.29 is 34.8 Å². The lowest BCUT2D eigenvalue weighted by Gasteiger charge is -2.22. The van der Waals surface area contributed by atoms with Crippen LogP contribution < -0.4 is 5.09 Å². The van der Waals surface area contributed by atoms with Gasteiger partial charge in [0.05, 0.1) is 11.8 Å². The van der Waals surface area contributed by atoms with E-state index in [4.69, 9.17) is 9.79 Å². The van der Waals surface area contributed by atoms with Crippen molar-refractivity contribution in [1.29, 1.82) is 0 Å². The van der Waals surface area contributed by atoms with E-state index in [1.54, 1.807) is 12.1 Å². The van der Waals surface area contributed by atoms with Crippen LogP contribution in [0.2, 0.25) is 0 Å². The number of hydrogen-bond donors (Lipinski definition) is 7. The largest absolute Gasteiger partial charge is 0.508 e. The number of rotatable bonds is 6. The van der Waals surface area contributed by atoms with E-state index in [0.717, 1.165) is 17.7 Å². The lowest BCUT2D eigenvalue weighted by atomic mass is 9.91. The van der Waals surface area contributed by atoms with Gasteiger partial charge in [0.2, 0.25) is 0 Å². The van der Waals surface area contributed by atoms with Crippen molar-refractivity contribution in [2.24, 2.45) is 0 Å². The average molecular weight is 369 g/mol. The zero-order valence-electron chi connectivity index (χ0n) is 13.4. The Bertz CT molecular complexity index is 788. The molecule has 0 saturated heterocycles. The number of benzene rings is 2. The summed E-state index contributed by atoms with van der Waals surface area (Å²) in [4.78, 5) is 18.2. The summed E-state index contributed by atoms with van der Waals surface area (Å²) in [5.41, 5.74) is 0.461. The minimum Gasteiger partial charge on any atom is -0.508 e. The van der Waals surface area contributed by atoms with Gasteiger partial charge in [-0.05, 0) is 30.0 Å². The van der Waals surface area contributed by atoms with Gasteiger partial charge in [0.1, 0.15) is 17.2 Å². The van der Waals surface area contributed by atoms with E-state index in [2.05, 4.69) is 0 Å². The summed E-state index contributed by atoms with van der Waals surface area (Å²) in [6, 6.07) is 8.40. The molecule has 25 heavy (non-hydrogen) atoms. The van der Waals surface area contributed by atoms with E-state index < -0.39 is 25.3 Å². The number of phenolic OH excluding ortho intramolecular Hbond substituents is 3. The molecule has 2 aromatic rings. The predicted octanol–water partition coefficient (Wildman–Crippen LogP) is 2.54. The molecule has 0 fully saturated rings. The minimum absolute atomic E-state index is 0.112. The van der Waals surface area contributed by atoms with E-state index in [1.807, 2.05) is 12.0 Å². The maximum atomic E-state index is 11.2. The van der Waals surface area contributed by atoms with Gasteiger partial charge in [0.15, 0.2) is 0 Å². The molecule has 9 heteroatoms. The normalized spacial score (nSPS) is 14.1. The highest BCUT2D eigenvalue weighted by molar-refractivity contribution is 7.53. The highest BCUT2D eigenvalue weighted by atomic mass is 31.2. The number of anilines is 1. The van der Waals surface area contributed by atoms with Crippen LogP contribution in [0.3, 0.4) is 0 Å². The van der Waals surface area contributed by atoms with Crippen molar-refractivity contribution >= 4 is 13.4 Å². The molecule has 0 aliphatic heterocycles. The Morgan fingerprint density at radius 2 is 1.64 bits per heavy atom. The van der Waals surface area contributed by atoms with Crippen LogP contribution in [-0.4, -0.2) is 30.2 Å². The lowest BCUT2D eigenvalue weighted by molar-refractivity contribution is 0.157. The first-order valence-corrected chi connectivity index (χ1v) is 9.04. The number of nitrogens with one attached hydrogen (secondary N) is 1. The fraction of sp³-hybridized carbons (Fsp3) is 0.250. The van der Waals surface area contributed by atoms with Crippen molar-refractivity contribution in [2.45, 2.75) is 25.4 Å². The molecule has 0 radical (unpaired) electrons. The number of phenols is 3. The Labute approximate surface area is 144 Å². The van der Waals surface area contributed by atoms with Gasteiger partial charge in [0, 0.05) is 17.7 Å². The van der Waals surface area contributed by atoms with Crippen LogP contribution in [0.25, 0.3) is 0 Å². The number of hydrogen-bond acceptors (Lipinski definition) is 5. The van der Waals surface area contributed by atoms with Crippen LogP contribution in [0.4, 0.5) is 5.69 Å². The molecule has 0 saturated carbocycles. The van der Waals surface area contributed by atoms with Crippen molar-refractivity contribution in [3.8, 4) is 17.2 Å². The molecule has 136 valence electrons. The van der Waals surface area contributed by atoms with Crippen LogP contribution >= 0.6 is 7.75 Å². The molecular formula is C16H20NO7P. The number of aliphatic hydroxyl groups excluding tert-OH is 1. The molecule has 2 rings (SSSR count). The lowest BCUT2D eigenvalue weighted by Crippen LogP contribution is -2.08. The van der Waals surface area contributed by atoms with Crippen LogP contribution in [0.15, 0.2) is 36.4 Å². The van der Waals surface area contributed by atoms with Crippen molar-refractivity contribution in [1.82, 2.24) is 0 Å². The first kappa shape index (κ1) is 19.1. The molecule has 8 nitrogen and oxygen atoms in total. The molecule has 0 bridgehead atoms. The fourth-order valence-corrected chi connectivity index (χ4v) is 3.11. The summed E-state index contributed by atoms with van der Waals surface area (Å²) in [5, 5.41) is 41.2. The molecule has 2 aromatic carbocycles. The highest BCUT2D eigenvalue weighted by Crippen LogP contribution is 2.44. The van der Waals surface area contributed by atoms with Gasteiger partial charge in [-0.2, -0.15) is 0 Å². The molecule has 0 aromatic heterocycles. The van der Waals surface area contributed by atoms with Crippen molar-refractivity contribution in [3.05, 3.63) is 47.5 Å². The van der Waals surface area contributed by atoms with Gasteiger partial charge in [-0.15, -0.1) is 0 Å². The first-order valence-electron chi connectivity index (χ1n) is 7.43. The van der Waals surface area contributed by atoms with Gasteiger partial charge in [0.25, 0.3) is 0 Å². The van der Waals surface area contributed by atoms with E-state index in [9.17, 15) is 25.0 Å². The van der Waals surface area contributed by atoms with Gasteiger partial charge in [-0.25, -0.2) is 4.57 Å². The molecular weight excluding hydrogens is 349 g/mol. The second-order valence-corrected chi connectivity index (χ2v) is 7.14. The maximum absolute atomic E-state index is 11.2. The van der Waals surface area contributed by atoms with Crippen LogP contribution in [0, 0.1) is 0 Å². The van der Waals surface area contributed by atoms with E-state index in [0.29, 0.717) is 0 Å². The Morgan fingerprint density at radius 3 is 2.20 bits per heavy atom. The fourth-order valence-electron chi connectivity index (χ4n) is 2.61. The smallest absolute Gasteiger partial charge is 0.427 e. The summed E-state index contributed by atoms with van der Waals surface area (Å²) in [5.74, 6) is -0.954. The predicted molar refractivity (Wildman–Crippen MR) is 91.5 cm³/mol. The molecule has 0 aliphatic carbocycles. The van der Waals surface area contributed by atoms with E-state index >= 15 is 0 Å². The van der Waals surface area contributed by atoms with Crippen molar-refractivity contribution in [2.75, 3.05) is 5.09 Å². The van der Waals surface area contributed by atoms with Gasteiger partial charge >= 0.3 is 7.75 Å². The molecule has 0 heterocycles. The zero-order valence-corrected chi connectivity index (χ0v) is 14.3. The summed E-state index contributed by atoms with van der Waals surface area (Å²) >= 11 is 0. The molecule has 7 N–H and O–H groups in total. The number of aromatic hydroxyl groups is 3. The Balaban J connectivity index is 2.30. The van der Waals surface area contributed by atoms with Gasteiger partial charge < -0.3 is 30.2 Å². The van der Waals surface area contributed by atoms with Gasteiger partial charge in [-0.3, -0.25) is 5.09 Å². The van der Waals surface area contributed by atoms with Crippen LogP contribution in [0.5, 0.6) is 17.2 Å². The highest BCUT2D eigenvalue weighted by Gasteiger charge is 2.24. The number of aliphatic hydroxyl groups is 1. The summed E-state index contributed by atoms with van der Waals surface area (Å²) in [6.07, 6.45) is -1.11. The van der Waals surface area contributed by atoms with Crippen molar-refractivity contribution in [3.63, 3.8) is 0 Å². The van der Waals surface area contributed by atoms with Crippen LogP contribution in [0.1, 0.15) is 36.5 Å². The second kappa shape index (κ2) is 7.33. The Hall–Kier alpha value is -2.25. The third-order valence-electron chi connectivity index (χ3n) is 3.78. The first-order chi connectivity index (χ1) is 11.6. The standard InChI is InChI=1S/C16H20NO7P/c1-9(10-2-4-11(18)5-3-10)6-14(20)16-13(17-25(22,23)24)7-12(19)8-15(16)21/h2-5,7-9,14,18-21H,6H2,1H3,(H3,17,22,23,24). The maximum Gasteiger partial charge on any atom is 0.427 e. The summed E-state index contributed by atoms with van der Waals surface area (Å²) < 4.78 is 11.2. The topological polar surface area (TPSA) is 150 Å². The SMILES string of the molecule is CC(CC(O)c1c(O)cc(O)cc1NP(=O)(O)O)c1ccc(O)cc1. The van der Waals surface area contributed by atoms with Gasteiger partial charge in [-0.1, -0.05) is 19.1 Å². The van der Waals surface area contributed by atoms with E-state index in [1.165, 1.54) is 12.1 Å². The molecule has 2 unspecified atom stereocenters.